The van der Waals surface area contributed by atoms with Crippen LogP contribution in [0.5, 0.6) is 0 Å². The number of aryl methyl sites for hydroxylation is 1. The molecule has 0 bridgehead atoms. The smallest absolute Gasteiger partial charge is 0.256 e. The molecule has 3 nitrogen and oxygen atoms in total. The molecular weight excluding hydrogens is 404 g/mol. The highest BCUT2D eigenvalue weighted by Gasteiger charge is 2.20. The molecule has 0 saturated carbocycles. The first kappa shape index (κ1) is 21.0. The highest BCUT2D eigenvalue weighted by Crippen LogP contribution is 2.21. The Morgan fingerprint density at radius 1 is 0.839 bits per heavy atom. The Morgan fingerprint density at radius 3 is 2.32 bits per heavy atom. The normalized spacial score (nSPS) is 10.8. The predicted molar refractivity (Wildman–Crippen MR) is 126 cm³/mol. The van der Waals surface area contributed by atoms with Crippen molar-refractivity contribution in [3.63, 3.8) is 0 Å². The number of aromatic nitrogens is 1. The summed E-state index contributed by atoms with van der Waals surface area (Å²) in [5.41, 5.74) is 5.22. The Labute approximate surface area is 188 Å². The number of halogens is 1. The molecule has 0 atom stereocenters. The lowest BCUT2D eigenvalue weighted by Gasteiger charge is -2.24. The van der Waals surface area contributed by atoms with Crippen LogP contribution in [0.25, 0.3) is 0 Å². The Balaban J connectivity index is 1.63. The Morgan fingerprint density at radius 2 is 1.55 bits per heavy atom. The van der Waals surface area contributed by atoms with Gasteiger partial charge in [0.2, 0.25) is 0 Å². The lowest BCUT2D eigenvalue weighted by Crippen LogP contribution is -2.31. The number of carbonyl (C=O) groups is 1. The van der Waals surface area contributed by atoms with Gasteiger partial charge in [-0.3, -0.25) is 4.79 Å². The van der Waals surface area contributed by atoms with Crippen molar-refractivity contribution in [1.82, 2.24) is 9.47 Å². The molecule has 0 aliphatic carbocycles. The minimum Gasteiger partial charge on any atom is -0.345 e. The summed E-state index contributed by atoms with van der Waals surface area (Å²) in [4.78, 5) is 15.3. The topological polar surface area (TPSA) is 25.2 Å². The summed E-state index contributed by atoms with van der Waals surface area (Å²) in [5, 5.41) is 0.473. The van der Waals surface area contributed by atoms with Gasteiger partial charge in [-0.25, -0.2) is 0 Å². The lowest BCUT2D eigenvalue weighted by molar-refractivity contribution is 0.0726. The van der Waals surface area contributed by atoms with E-state index >= 15 is 0 Å². The van der Waals surface area contributed by atoms with E-state index in [-0.39, 0.29) is 5.91 Å². The van der Waals surface area contributed by atoms with Crippen molar-refractivity contribution in [2.45, 2.75) is 26.6 Å². The quantitative estimate of drug-likeness (QED) is 0.337. The Hall–Kier alpha value is -3.30. The molecule has 0 aliphatic rings. The van der Waals surface area contributed by atoms with Crippen LogP contribution in [-0.2, 0) is 19.6 Å². The van der Waals surface area contributed by atoms with Crippen molar-refractivity contribution >= 4 is 17.5 Å². The number of hydrogen-bond donors (Lipinski definition) is 0. The predicted octanol–water partition coefficient (Wildman–Crippen LogP) is 6.34. The van der Waals surface area contributed by atoms with E-state index in [0.29, 0.717) is 23.7 Å². The molecule has 1 amide bonds. The van der Waals surface area contributed by atoms with Crippen molar-refractivity contribution < 1.29 is 4.79 Å². The number of carbonyl (C=O) groups excluding carboxylic acids is 1. The number of hydrogen-bond acceptors (Lipinski definition) is 1. The maximum Gasteiger partial charge on any atom is 0.256 e. The summed E-state index contributed by atoms with van der Waals surface area (Å²) in [5.74, 6) is -0.0712. The number of amides is 1. The van der Waals surface area contributed by atoms with Crippen molar-refractivity contribution in [2.24, 2.45) is 0 Å². The third-order valence-corrected chi connectivity index (χ3v) is 5.82. The fourth-order valence-electron chi connectivity index (χ4n) is 3.72. The van der Waals surface area contributed by atoms with Crippen molar-refractivity contribution in [3.8, 4) is 0 Å². The highest BCUT2D eigenvalue weighted by atomic mass is 35.5. The molecule has 156 valence electrons. The van der Waals surface area contributed by atoms with E-state index in [2.05, 4.69) is 48.0 Å². The summed E-state index contributed by atoms with van der Waals surface area (Å²) < 4.78 is 2.21. The molecule has 3 aromatic carbocycles. The van der Waals surface area contributed by atoms with Gasteiger partial charge in [0.05, 0.1) is 17.1 Å². The molecule has 1 aromatic heterocycles. The zero-order valence-electron chi connectivity index (χ0n) is 17.5. The van der Waals surface area contributed by atoms with E-state index in [1.54, 1.807) is 12.1 Å². The lowest BCUT2D eigenvalue weighted by atomic mass is 10.1. The average Bonchev–Trinajstić information content (AvgIpc) is 3.22. The molecule has 0 N–H and O–H groups in total. The molecule has 0 aliphatic heterocycles. The summed E-state index contributed by atoms with van der Waals surface area (Å²) >= 11 is 6.35. The van der Waals surface area contributed by atoms with Gasteiger partial charge in [0.25, 0.3) is 5.91 Å². The van der Waals surface area contributed by atoms with Gasteiger partial charge in [0, 0.05) is 25.0 Å². The SMILES string of the molecule is Cc1ccccc1Cn1cccc1CN(Cc1ccccc1)C(=O)c1ccccc1Cl. The molecule has 4 heteroatoms. The third-order valence-electron chi connectivity index (χ3n) is 5.49. The summed E-state index contributed by atoms with van der Waals surface area (Å²) in [6.07, 6.45) is 2.07. The van der Waals surface area contributed by atoms with Crippen molar-refractivity contribution in [1.29, 1.82) is 0 Å². The Bertz CT molecular complexity index is 1170. The molecule has 0 spiro atoms. The van der Waals surface area contributed by atoms with Crippen LogP contribution in [0.1, 0.15) is 32.7 Å². The highest BCUT2D eigenvalue weighted by molar-refractivity contribution is 6.33. The van der Waals surface area contributed by atoms with Gasteiger partial charge in [-0.05, 0) is 47.9 Å². The Kier molecular flexibility index (Phi) is 6.54. The van der Waals surface area contributed by atoms with E-state index in [1.165, 1.54) is 11.1 Å². The van der Waals surface area contributed by atoms with Gasteiger partial charge in [-0.15, -0.1) is 0 Å². The number of nitrogens with zero attached hydrogens (tertiary/aromatic N) is 2. The zero-order chi connectivity index (χ0) is 21.6. The maximum atomic E-state index is 13.5. The second-order valence-electron chi connectivity index (χ2n) is 7.68. The molecule has 4 rings (SSSR count). The summed E-state index contributed by atoms with van der Waals surface area (Å²) in [6, 6.07) is 29.8. The van der Waals surface area contributed by atoms with Crippen LogP contribution in [0.2, 0.25) is 5.02 Å². The molecule has 4 aromatic rings. The fourth-order valence-corrected chi connectivity index (χ4v) is 3.94. The first-order chi connectivity index (χ1) is 15.1. The van der Waals surface area contributed by atoms with E-state index < -0.39 is 0 Å². The standard InChI is InChI=1S/C27H25ClN2O/c1-21-10-5-6-13-23(21)19-29-17-9-14-24(29)20-30(18-22-11-3-2-4-12-22)27(31)25-15-7-8-16-26(25)28/h2-17H,18-20H2,1H3. The molecular formula is C27H25ClN2O. The van der Waals surface area contributed by atoms with Gasteiger partial charge >= 0.3 is 0 Å². The fraction of sp³-hybridized carbons (Fsp3) is 0.148. The van der Waals surface area contributed by atoms with Crippen LogP contribution < -0.4 is 0 Å². The molecule has 0 radical (unpaired) electrons. The van der Waals surface area contributed by atoms with Crippen LogP contribution in [0.4, 0.5) is 0 Å². The number of rotatable bonds is 7. The van der Waals surface area contributed by atoms with Crippen molar-refractivity contribution in [3.05, 3.63) is 130 Å². The minimum absolute atomic E-state index is 0.0712. The third kappa shape index (κ3) is 5.07. The van der Waals surface area contributed by atoms with Gasteiger partial charge in [-0.1, -0.05) is 78.3 Å². The second kappa shape index (κ2) is 9.67. The molecule has 0 saturated heterocycles. The van der Waals surface area contributed by atoms with Crippen LogP contribution >= 0.6 is 11.6 Å². The monoisotopic (exact) mass is 428 g/mol. The van der Waals surface area contributed by atoms with Crippen LogP contribution in [0, 0.1) is 6.92 Å². The second-order valence-corrected chi connectivity index (χ2v) is 8.09. The van der Waals surface area contributed by atoms with Crippen LogP contribution in [-0.4, -0.2) is 15.4 Å². The first-order valence-corrected chi connectivity index (χ1v) is 10.8. The van der Waals surface area contributed by atoms with E-state index in [0.717, 1.165) is 17.8 Å². The zero-order valence-corrected chi connectivity index (χ0v) is 18.3. The first-order valence-electron chi connectivity index (χ1n) is 10.4. The molecule has 0 fully saturated rings. The van der Waals surface area contributed by atoms with Gasteiger partial charge < -0.3 is 9.47 Å². The van der Waals surface area contributed by atoms with E-state index in [4.69, 9.17) is 11.6 Å². The van der Waals surface area contributed by atoms with E-state index in [9.17, 15) is 4.79 Å². The van der Waals surface area contributed by atoms with E-state index in [1.807, 2.05) is 53.4 Å². The molecule has 1 heterocycles. The minimum atomic E-state index is -0.0712. The van der Waals surface area contributed by atoms with Crippen LogP contribution in [0.15, 0.2) is 97.2 Å². The summed E-state index contributed by atoms with van der Waals surface area (Å²) in [7, 11) is 0. The maximum absolute atomic E-state index is 13.5. The average molecular weight is 429 g/mol. The number of benzene rings is 3. The van der Waals surface area contributed by atoms with Crippen LogP contribution in [0.3, 0.4) is 0 Å². The van der Waals surface area contributed by atoms with Crippen molar-refractivity contribution in [2.75, 3.05) is 0 Å². The molecule has 0 unspecified atom stereocenters. The largest absolute Gasteiger partial charge is 0.345 e. The summed E-state index contributed by atoms with van der Waals surface area (Å²) in [6.45, 7) is 3.91. The molecule has 31 heavy (non-hydrogen) atoms. The van der Waals surface area contributed by atoms with Gasteiger partial charge in [0.15, 0.2) is 0 Å². The van der Waals surface area contributed by atoms with Gasteiger partial charge in [0.1, 0.15) is 0 Å². The van der Waals surface area contributed by atoms with Gasteiger partial charge in [-0.2, -0.15) is 0 Å².